The first-order valence-corrected chi connectivity index (χ1v) is 7.02. The lowest BCUT2D eigenvalue weighted by molar-refractivity contribution is -0.134. The number of thioether (sulfide) groups is 1. The Labute approximate surface area is 107 Å². The van der Waals surface area contributed by atoms with Gasteiger partial charge in [0.05, 0.1) is 5.88 Å². The fraction of sp³-hybridized carbons (Fsp3) is 0.667. The van der Waals surface area contributed by atoms with E-state index >= 15 is 0 Å². The number of hydrogen-bond donors (Lipinski definition) is 1. The van der Waals surface area contributed by atoms with Crippen molar-refractivity contribution in [2.45, 2.75) is 33.2 Å². The van der Waals surface area contributed by atoms with E-state index in [0.29, 0.717) is 18.2 Å². The summed E-state index contributed by atoms with van der Waals surface area (Å²) in [6.45, 7) is 6.45. The van der Waals surface area contributed by atoms with Gasteiger partial charge in [-0.15, -0.1) is 11.8 Å². The van der Waals surface area contributed by atoms with Gasteiger partial charge in [0.25, 0.3) is 0 Å². The van der Waals surface area contributed by atoms with E-state index in [1.807, 2.05) is 20.8 Å². The maximum atomic E-state index is 11.9. The van der Waals surface area contributed by atoms with E-state index in [0.717, 1.165) is 12.0 Å². The topological polar surface area (TPSA) is 49.4 Å². The molecule has 0 spiro atoms. The Bertz CT molecular complexity index is 324. The van der Waals surface area contributed by atoms with Crippen molar-refractivity contribution in [3.05, 3.63) is 11.6 Å². The van der Waals surface area contributed by atoms with Crippen molar-refractivity contribution in [3.63, 3.8) is 0 Å². The van der Waals surface area contributed by atoms with E-state index in [1.54, 1.807) is 22.7 Å². The van der Waals surface area contributed by atoms with Crippen LogP contribution in [0.5, 0.6) is 0 Å². The summed E-state index contributed by atoms with van der Waals surface area (Å²) in [6, 6.07) is -0.311. The van der Waals surface area contributed by atoms with Crippen LogP contribution >= 0.6 is 11.8 Å². The predicted molar refractivity (Wildman–Crippen MR) is 70.7 cm³/mol. The van der Waals surface area contributed by atoms with Crippen LogP contribution in [0, 0.1) is 0 Å². The fourth-order valence-electron chi connectivity index (χ4n) is 1.57. The van der Waals surface area contributed by atoms with E-state index in [4.69, 9.17) is 0 Å². The van der Waals surface area contributed by atoms with E-state index in [2.05, 4.69) is 5.32 Å². The van der Waals surface area contributed by atoms with E-state index in [-0.39, 0.29) is 17.9 Å². The van der Waals surface area contributed by atoms with Crippen LogP contribution in [0.3, 0.4) is 0 Å². The van der Waals surface area contributed by atoms with Crippen LogP contribution in [0.1, 0.15) is 27.2 Å². The molecule has 96 valence electrons. The average Bonchev–Trinajstić information content (AvgIpc) is 2.73. The second kappa shape index (κ2) is 6.69. The van der Waals surface area contributed by atoms with Crippen molar-refractivity contribution >= 4 is 23.6 Å². The molecule has 1 heterocycles. The van der Waals surface area contributed by atoms with Crippen LogP contribution in [0.25, 0.3) is 0 Å². The first-order valence-electron chi connectivity index (χ1n) is 5.87. The largest absolute Gasteiger partial charge is 0.354 e. The molecule has 1 N–H and O–H groups in total. The third-order valence-electron chi connectivity index (χ3n) is 2.43. The van der Waals surface area contributed by atoms with Crippen LogP contribution in [0.2, 0.25) is 0 Å². The Morgan fingerprint density at radius 2 is 2.18 bits per heavy atom. The van der Waals surface area contributed by atoms with Gasteiger partial charge in [-0.05, 0) is 20.3 Å². The van der Waals surface area contributed by atoms with Crippen molar-refractivity contribution in [1.82, 2.24) is 10.2 Å². The Kier molecular flexibility index (Phi) is 5.55. The highest BCUT2D eigenvalue weighted by Gasteiger charge is 2.33. The van der Waals surface area contributed by atoms with E-state index in [9.17, 15) is 9.59 Å². The Hall–Kier alpha value is -0.970. The molecule has 0 saturated carbocycles. The summed E-state index contributed by atoms with van der Waals surface area (Å²) in [5.41, 5.74) is 0.958. The highest BCUT2D eigenvalue weighted by atomic mass is 32.2. The van der Waals surface area contributed by atoms with E-state index in [1.165, 1.54) is 0 Å². The molecule has 1 aliphatic rings. The quantitative estimate of drug-likeness (QED) is 0.773. The minimum Gasteiger partial charge on any atom is -0.354 e. The smallest absolute Gasteiger partial charge is 0.247 e. The zero-order chi connectivity index (χ0) is 12.8. The SMILES string of the molecule is CCCNC(=O)C1CSCN1C(=O)C=C(C)C. The Morgan fingerprint density at radius 3 is 2.76 bits per heavy atom. The monoisotopic (exact) mass is 256 g/mol. The third-order valence-corrected chi connectivity index (χ3v) is 3.44. The van der Waals surface area contributed by atoms with Crippen molar-refractivity contribution in [2.75, 3.05) is 18.2 Å². The van der Waals surface area contributed by atoms with Crippen molar-refractivity contribution < 1.29 is 9.59 Å². The summed E-state index contributed by atoms with van der Waals surface area (Å²) in [4.78, 5) is 25.4. The molecule has 2 amide bonds. The van der Waals surface area contributed by atoms with Gasteiger partial charge in [-0.3, -0.25) is 9.59 Å². The number of nitrogens with one attached hydrogen (secondary N) is 1. The third kappa shape index (κ3) is 4.07. The predicted octanol–water partition coefficient (Wildman–Crippen LogP) is 1.38. The van der Waals surface area contributed by atoms with Gasteiger partial charge in [0.2, 0.25) is 11.8 Å². The molecule has 0 aliphatic carbocycles. The number of allylic oxidation sites excluding steroid dienone is 1. The number of amides is 2. The number of carbonyl (C=O) groups is 2. The standard InChI is InChI=1S/C12H20N2O2S/c1-4-5-13-12(16)10-7-17-8-14(10)11(15)6-9(2)3/h6,10H,4-5,7-8H2,1-3H3,(H,13,16). The molecule has 1 saturated heterocycles. The summed E-state index contributed by atoms with van der Waals surface area (Å²) in [5, 5.41) is 2.85. The second-order valence-corrected chi connectivity index (χ2v) is 5.34. The van der Waals surface area contributed by atoms with Gasteiger partial charge >= 0.3 is 0 Å². The van der Waals surface area contributed by atoms with Crippen molar-refractivity contribution in [1.29, 1.82) is 0 Å². The highest BCUT2D eigenvalue weighted by molar-refractivity contribution is 7.99. The molecule has 0 aromatic carbocycles. The first kappa shape index (κ1) is 14.1. The van der Waals surface area contributed by atoms with Crippen LogP contribution in [-0.2, 0) is 9.59 Å². The van der Waals surface area contributed by atoms with Crippen LogP contribution in [0.4, 0.5) is 0 Å². The molecule has 0 radical (unpaired) electrons. The summed E-state index contributed by atoms with van der Waals surface area (Å²) in [7, 11) is 0. The first-order chi connectivity index (χ1) is 8.06. The fourth-order valence-corrected chi connectivity index (χ4v) is 2.74. The summed E-state index contributed by atoms with van der Waals surface area (Å²) < 4.78 is 0. The zero-order valence-electron chi connectivity index (χ0n) is 10.7. The van der Waals surface area contributed by atoms with Crippen LogP contribution in [0.15, 0.2) is 11.6 Å². The van der Waals surface area contributed by atoms with Gasteiger partial charge in [0.15, 0.2) is 0 Å². The lowest BCUT2D eigenvalue weighted by Crippen LogP contribution is -2.47. The summed E-state index contributed by atoms with van der Waals surface area (Å²) >= 11 is 1.62. The minimum atomic E-state index is -0.311. The molecule has 1 fully saturated rings. The molecule has 4 nitrogen and oxygen atoms in total. The molecule has 0 aromatic heterocycles. The lowest BCUT2D eigenvalue weighted by atomic mass is 10.2. The number of hydrogen-bond acceptors (Lipinski definition) is 3. The van der Waals surface area contributed by atoms with Gasteiger partial charge in [-0.2, -0.15) is 0 Å². The Morgan fingerprint density at radius 1 is 1.47 bits per heavy atom. The molecule has 1 aliphatic heterocycles. The van der Waals surface area contributed by atoms with Gasteiger partial charge in [0.1, 0.15) is 6.04 Å². The van der Waals surface area contributed by atoms with Gasteiger partial charge < -0.3 is 10.2 Å². The molecule has 1 rings (SSSR count). The summed E-state index contributed by atoms with van der Waals surface area (Å²) in [5.74, 6) is 1.20. The van der Waals surface area contributed by atoms with Crippen LogP contribution < -0.4 is 5.32 Å². The van der Waals surface area contributed by atoms with Gasteiger partial charge in [-0.1, -0.05) is 12.5 Å². The minimum absolute atomic E-state index is 0.0349. The number of nitrogens with zero attached hydrogens (tertiary/aromatic N) is 1. The molecule has 17 heavy (non-hydrogen) atoms. The summed E-state index contributed by atoms with van der Waals surface area (Å²) in [6.07, 6.45) is 2.50. The van der Waals surface area contributed by atoms with Gasteiger partial charge in [0, 0.05) is 18.4 Å². The average molecular weight is 256 g/mol. The maximum absolute atomic E-state index is 11.9. The Balaban J connectivity index is 2.63. The van der Waals surface area contributed by atoms with Crippen molar-refractivity contribution in [2.24, 2.45) is 0 Å². The maximum Gasteiger partial charge on any atom is 0.247 e. The zero-order valence-corrected chi connectivity index (χ0v) is 11.5. The molecule has 5 heteroatoms. The molecular formula is C12H20N2O2S. The highest BCUT2D eigenvalue weighted by Crippen LogP contribution is 2.21. The molecule has 1 unspecified atom stereocenters. The second-order valence-electron chi connectivity index (χ2n) is 4.34. The van der Waals surface area contributed by atoms with Crippen LogP contribution in [-0.4, -0.2) is 40.9 Å². The molecule has 1 atom stereocenters. The van der Waals surface area contributed by atoms with Gasteiger partial charge in [-0.25, -0.2) is 0 Å². The normalized spacial score (nSPS) is 19.0. The lowest BCUT2D eigenvalue weighted by Gasteiger charge is -2.21. The number of rotatable bonds is 4. The molecular weight excluding hydrogens is 236 g/mol. The number of carbonyl (C=O) groups excluding carboxylic acids is 2. The molecule has 0 aromatic rings. The molecule has 0 bridgehead atoms. The van der Waals surface area contributed by atoms with Crippen molar-refractivity contribution in [3.8, 4) is 0 Å². The van der Waals surface area contributed by atoms with E-state index < -0.39 is 0 Å².